The van der Waals surface area contributed by atoms with Crippen molar-refractivity contribution in [2.24, 2.45) is 0 Å². The number of pyridine rings is 1. The topological polar surface area (TPSA) is 28.2 Å². The predicted octanol–water partition coefficient (Wildman–Crippen LogP) is 1.51. The number of anilines is 1. The van der Waals surface area contributed by atoms with Crippen LogP contribution in [0.25, 0.3) is 0 Å². The second-order valence-electron chi connectivity index (χ2n) is 4.06. The lowest BCUT2D eigenvalue weighted by molar-refractivity contribution is 0.414. The largest absolute Gasteiger partial charge is 0.366 e. The first-order valence-electron chi connectivity index (χ1n) is 5.12. The minimum atomic E-state index is 0.564. The van der Waals surface area contributed by atoms with E-state index in [9.17, 15) is 0 Å². The predicted molar refractivity (Wildman–Crippen MR) is 58.5 cm³/mol. The Morgan fingerprint density at radius 1 is 1.57 bits per heavy atom. The molecule has 1 unspecified atom stereocenters. The summed E-state index contributed by atoms with van der Waals surface area (Å²) in [6.45, 7) is 4.40. The monoisotopic (exact) mass is 191 g/mol. The Labute approximate surface area is 85.1 Å². The van der Waals surface area contributed by atoms with Crippen LogP contribution in [0.1, 0.15) is 12.0 Å². The highest BCUT2D eigenvalue weighted by molar-refractivity contribution is 5.43. The van der Waals surface area contributed by atoms with Gasteiger partial charge in [-0.25, -0.2) is 4.98 Å². The Bertz CT molecular complexity index is 311. The summed E-state index contributed by atoms with van der Waals surface area (Å²) < 4.78 is 0. The van der Waals surface area contributed by atoms with Crippen molar-refractivity contribution in [3.8, 4) is 0 Å². The van der Waals surface area contributed by atoms with Crippen LogP contribution in [0.15, 0.2) is 18.3 Å². The molecule has 14 heavy (non-hydrogen) atoms. The zero-order valence-corrected chi connectivity index (χ0v) is 8.83. The van der Waals surface area contributed by atoms with Crippen molar-refractivity contribution in [1.82, 2.24) is 9.88 Å². The summed E-state index contributed by atoms with van der Waals surface area (Å²) in [7, 11) is 2.16. The van der Waals surface area contributed by atoms with Gasteiger partial charge in [-0.3, -0.25) is 0 Å². The number of rotatable bonds is 2. The van der Waals surface area contributed by atoms with Gasteiger partial charge in [0.2, 0.25) is 0 Å². The first-order chi connectivity index (χ1) is 6.75. The van der Waals surface area contributed by atoms with Gasteiger partial charge in [-0.2, -0.15) is 0 Å². The fourth-order valence-electron chi connectivity index (χ4n) is 1.88. The minimum Gasteiger partial charge on any atom is -0.366 e. The number of likely N-dealkylation sites (N-methyl/N-ethyl adjacent to an activating group) is 1. The molecule has 1 aliphatic heterocycles. The van der Waals surface area contributed by atoms with Gasteiger partial charge in [0.15, 0.2) is 0 Å². The molecule has 1 fully saturated rings. The molecule has 0 radical (unpaired) electrons. The quantitative estimate of drug-likeness (QED) is 0.768. The van der Waals surface area contributed by atoms with Crippen LogP contribution in [0, 0.1) is 6.92 Å². The highest BCUT2D eigenvalue weighted by Crippen LogP contribution is 2.15. The molecular weight excluding hydrogens is 174 g/mol. The summed E-state index contributed by atoms with van der Waals surface area (Å²) >= 11 is 0. The lowest BCUT2D eigenvalue weighted by Gasteiger charge is -2.14. The van der Waals surface area contributed by atoms with E-state index >= 15 is 0 Å². The van der Waals surface area contributed by atoms with Crippen LogP contribution in [0.3, 0.4) is 0 Å². The van der Waals surface area contributed by atoms with E-state index in [1.54, 1.807) is 0 Å². The van der Waals surface area contributed by atoms with Crippen LogP contribution < -0.4 is 5.32 Å². The third kappa shape index (κ3) is 2.04. The molecule has 2 heterocycles. The number of aromatic nitrogens is 1. The van der Waals surface area contributed by atoms with Gasteiger partial charge in [-0.1, -0.05) is 6.07 Å². The maximum Gasteiger partial charge on any atom is 0.129 e. The molecule has 3 heteroatoms. The maximum atomic E-state index is 4.34. The molecule has 0 amide bonds. The second kappa shape index (κ2) is 3.96. The molecule has 1 N–H and O–H groups in total. The molecule has 0 aliphatic carbocycles. The summed E-state index contributed by atoms with van der Waals surface area (Å²) in [6, 6.07) is 4.63. The molecule has 2 rings (SSSR count). The molecule has 1 atom stereocenters. The second-order valence-corrected chi connectivity index (χ2v) is 4.06. The van der Waals surface area contributed by atoms with Gasteiger partial charge in [-0.05, 0) is 38.6 Å². The Morgan fingerprint density at radius 2 is 2.43 bits per heavy atom. The first-order valence-corrected chi connectivity index (χ1v) is 5.12. The Morgan fingerprint density at radius 3 is 3.07 bits per heavy atom. The van der Waals surface area contributed by atoms with Crippen LogP contribution in [-0.2, 0) is 0 Å². The molecule has 1 aliphatic rings. The first kappa shape index (κ1) is 9.46. The van der Waals surface area contributed by atoms with Crippen molar-refractivity contribution < 1.29 is 0 Å². The van der Waals surface area contributed by atoms with Crippen molar-refractivity contribution in [3.05, 3.63) is 23.9 Å². The average Bonchev–Trinajstić information content (AvgIpc) is 2.56. The van der Waals surface area contributed by atoms with Gasteiger partial charge in [-0.15, -0.1) is 0 Å². The number of nitrogens with zero attached hydrogens (tertiary/aromatic N) is 2. The lowest BCUT2D eigenvalue weighted by atomic mass is 10.2. The lowest BCUT2D eigenvalue weighted by Crippen LogP contribution is -2.24. The van der Waals surface area contributed by atoms with Crippen LogP contribution in [-0.4, -0.2) is 36.1 Å². The number of nitrogens with one attached hydrogen (secondary N) is 1. The smallest absolute Gasteiger partial charge is 0.129 e. The molecule has 0 aromatic carbocycles. The molecular formula is C11H17N3. The number of hydrogen-bond acceptors (Lipinski definition) is 3. The van der Waals surface area contributed by atoms with Crippen molar-refractivity contribution in [2.75, 3.05) is 25.5 Å². The number of hydrogen-bond donors (Lipinski definition) is 1. The highest BCUT2D eigenvalue weighted by atomic mass is 15.2. The van der Waals surface area contributed by atoms with E-state index in [4.69, 9.17) is 0 Å². The number of aryl methyl sites for hydroxylation is 1. The van der Waals surface area contributed by atoms with E-state index in [1.165, 1.54) is 18.5 Å². The van der Waals surface area contributed by atoms with Crippen molar-refractivity contribution in [1.29, 1.82) is 0 Å². The summed E-state index contributed by atoms with van der Waals surface area (Å²) in [4.78, 5) is 6.68. The van der Waals surface area contributed by atoms with E-state index < -0.39 is 0 Å². The molecule has 1 aromatic heterocycles. The van der Waals surface area contributed by atoms with Crippen molar-refractivity contribution in [3.63, 3.8) is 0 Å². The maximum absolute atomic E-state index is 4.34. The van der Waals surface area contributed by atoms with Crippen molar-refractivity contribution >= 4 is 5.82 Å². The molecule has 0 saturated carbocycles. The normalized spacial score (nSPS) is 22.6. The standard InChI is InChI=1S/C11H17N3/c1-9-4-3-6-12-11(9)13-10-5-7-14(2)8-10/h3-4,6,10H,5,7-8H2,1-2H3,(H,12,13). The van der Waals surface area contributed by atoms with Crippen LogP contribution >= 0.6 is 0 Å². The van der Waals surface area contributed by atoms with E-state index in [2.05, 4.69) is 35.2 Å². The van der Waals surface area contributed by atoms with E-state index in [1.807, 2.05) is 12.3 Å². The molecule has 0 spiro atoms. The summed E-state index contributed by atoms with van der Waals surface area (Å²) in [5.74, 6) is 1.04. The molecule has 0 bridgehead atoms. The van der Waals surface area contributed by atoms with Crippen molar-refractivity contribution in [2.45, 2.75) is 19.4 Å². The van der Waals surface area contributed by atoms with Crippen LogP contribution in [0.2, 0.25) is 0 Å². The van der Waals surface area contributed by atoms with Gasteiger partial charge >= 0.3 is 0 Å². The van der Waals surface area contributed by atoms with Gasteiger partial charge < -0.3 is 10.2 Å². The van der Waals surface area contributed by atoms with Crippen LogP contribution in [0.5, 0.6) is 0 Å². The molecule has 3 nitrogen and oxygen atoms in total. The molecule has 1 aromatic rings. The summed E-state index contributed by atoms with van der Waals surface area (Å²) in [6.07, 6.45) is 3.06. The van der Waals surface area contributed by atoms with E-state index in [0.29, 0.717) is 6.04 Å². The van der Waals surface area contributed by atoms with E-state index in [-0.39, 0.29) is 0 Å². The SMILES string of the molecule is Cc1cccnc1NC1CCN(C)C1. The zero-order valence-electron chi connectivity index (χ0n) is 8.83. The Balaban J connectivity index is 2.01. The fourth-order valence-corrected chi connectivity index (χ4v) is 1.88. The van der Waals surface area contributed by atoms with Gasteiger partial charge in [0.05, 0.1) is 0 Å². The third-order valence-corrected chi connectivity index (χ3v) is 2.74. The Kier molecular flexibility index (Phi) is 2.68. The van der Waals surface area contributed by atoms with Gasteiger partial charge in [0.1, 0.15) is 5.82 Å². The highest BCUT2D eigenvalue weighted by Gasteiger charge is 2.19. The molecule has 1 saturated heterocycles. The Hall–Kier alpha value is -1.09. The van der Waals surface area contributed by atoms with Gasteiger partial charge in [0.25, 0.3) is 0 Å². The minimum absolute atomic E-state index is 0.564. The van der Waals surface area contributed by atoms with Crippen LogP contribution in [0.4, 0.5) is 5.82 Å². The zero-order chi connectivity index (χ0) is 9.97. The van der Waals surface area contributed by atoms with E-state index in [0.717, 1.165) is 12.4 Å². The van der Waals surface area contributed by atoms with Gasteiger partial charge in [0, 0.05) is 18.8 Å². The fraction of sp³-hybridized carbons (Fsp3) is 0.545. The summed E-state index contributed by atoms with van der Waals surface area (Å²) in [5.41, 5.74) is 1.22. The third-order valence-electron chi connectivity index (χ3n) is 2.74. The number of likely N-dealkylation sites (tertiary alicyclic amines) is 1. The molecule has 76 valence electrons. The average molecular weight is 191 g/mol. The summed E-state index contributed by atoms with van der Waals surface area (Å²) in [5, 5.41) is 3.49.